The molecule has 3 N–H and O–H groups in total. The Balaban J connectivity index is 1.94. The van der Waals surface area contributed by atoms with Crippen molar-refractivity contribution in [3.8, 4) is 0 Å². The van der Waals surface area contributed by atoms with Gasteiger partial charge in [-0.05, 0) is 37.5 Å². The van der Waals surface area contributed by atoms with Gasteiger partial charge in [-0.2, -0.15) is 0 Å². The van der Waals surface area contributed by atoms with Crippen LogP contribution in [-0.4, -0.2) is 11.8 Å². The van der Waals surface area contributed by atoms with Gasteiger partial charge in [-0.15, -0.1) is 0 Å². The second kappa shape index (κ2) is 7.25. The third-order valence-corrected chi connectivity index (χ3v) is 4.28. The number of nitrogens with one attached hydrogen (secondary N) is 1. The van der Waals surface area contributed by atoms with Gasteiger partial charge in [0.25, 0.3) is 0 Å². The van der Waals surface area contributed by atoms with Crippen LogP contribution in [0.2, 0.25) is 0 Å². The van der Waals surface area contributed by atoms with Crippen LogP contribution in [0.4, 0.5) is 0 Å². The molecule has 0 radical (unpaired) electrons. The Morgan fingerprint density at radius 1 is 1.10 bits per heavy atom. The van der Waals surface area contributed by atoms with Crippen LogP contribution in [0.25, 0.3) is 0 Å². The number of carbonyl (C=O) groups is 2. The van der Waals surface area contributed by atoms with Crippen LogP contribution in [0.1, 0.15) is 67.4 Å². The summed E-state index contributed by atoms with van der Waals surface area (Å²) in [6.07, 6.45) is 6.79. The highest BCUT2D eigenvalue weighted by atomic mass is 16.2. The molecule has 1 aliphatic rings. The highest BCUT2D eigenvalue weighted by molar-refractivity contribution is 5.92. The topological polar surface area (TPSA) is 72.2 Å². The van der Waals surface area contributed by atoms with Crippen molar-refractivity contribution in [1.82, 2.24) is 5.32 Å². The SMILES string of the molecule is CC(NC(=O)C1CCCCCC1)c1ccc(C(N)=O)cc1. The molecule has 1 aromatic rings. The van der Waals surface area contributed by atoms with Gasteiger partial charge in [0.15, 0.2) is 0 Å². The van der Waals surface area contributed by atoms with Gasteiger partial charge in [-0.3, -0.25) is 9.59 Å². The van der Waals surface area contributed by atoms with Gasteiger partial charge in [0, 0.05) is 11.5 Å². The Bertz CT molecular complexity index is 488. The quantitative estimate of drug-likeness (QED) is 0.836. The molecule has 0 saturated heterocycles. The molecule has 0 aliphatic heterocycles. The van der Waals surface area contributed by atoms with Crippen LogP contribution in [0, 0.1) is 5.92 Å². The van der Waals surface area contributed by atoms with E-state index in [1.54, 1.807) is 12.1 Å². The largest absolute Gasteiger partial charge is 0.366 e. The van der Waals surface area contributed by atoms with Gasteiger partial charge in [0.2, 0.25) is 11.8 Å². The molecule has 0 aromatic heterocycles. The average Bonchev–Trinajstić information content (AvgIpc) is 2.76. The fraction of sp³-hybridized carbons (Fsp3) is 0.529. The number of rotatable bonds is 4. The fourth-order valence-corrected chi connectivity index (χ4v) is 2.89. The van der Waals surface area contributed by atoms with Crippen LogP contribution in [0.3, 0.4) is 0 Å². The van der Waals surface area contributed by atoms with Crippen molar-refractivity contribution in [2.24, 2.45) is 11.7 Å². The predicted molar refractivity (Wildman–Crippen MR) is 82.7 cm³/mol. The summed E-state index contributed by atoms with van der Waals surface area (Å²) in [7, 11) is 0. The number of hydrogen-bond donors (Lipinski definition) is 2. The van der Waals surface area contributed by atoms with E-state index in [9.17, 15) is 9.59 Å². The molecule has 4 nitrogen and oxygen atoms in total. The molecular weight excluding hydrogens is 264 g/mol. The molecule has 1 fully saturated rings. The molecule has 1 aliphatic carbocycles. The van der Waals surface area contributed by atoms with Crippen LogP contribution in [0.15, 0.2) is 24.3 Å². The van der Waals surface area contributed by atoms with Crippen molar-refractivity contribution in [2.45, 2.75) is 51.5 Å². The van der Waals surface area contributed by atoms with Gasteiger partial charge < -0.3 is 11.1 Å². The van der Waals surface area contributed by atoms with E-state index in [-0.39, 0.29) is 17.9 Å². The minimum Gasteiger partial charge on any atom is -0.366 e. The standard InChI is InChI=1S/C17H24N2O2/c1-12(13-8-10-14(11-9-13)16(18)20)19-17(21)15-6-4-2-3-5-7-15/h8-12,15H,2-7H2,1H3,(H2,18,20)(H,19,21). The lowest BCUT2D eigenvalue weighted by molar-refractivity contribution is -0.126. The summed E-state index contributed by atoms with van der Waals surface area (Å²) in [5.41, 5.74) is 6.70. The molecule has 21 heavy (non-hydrogen) atoms. The van der Waals surface area contributed by atoms with Crippen molar-refractivity contribution in [3.05, 3.63) is 35.4 Å². The Kier molecular flexibility index (Phi) is 5.37. The van der Waals surface area contributed by atoms with Crippen molar-refractivity contribution < 1.29 is 9.59 Å². The first-order valence-electron chi connectivity index (χ1n) is 7.78. The number of primary amides is 1. The molecule has 2 rings (SSSR count). The molecular formula is C17H24N2O2. The molecule has 1 unspecified atom stereocenters. The van der Waals surface area contributed by atoms with Gasteiger partial charge in [0.1, 0.15) is 0 Å². The van der Waals surface area contributed by atoms with Gasteiger partial charge in [-0.25, -0.2) is 0 Å². The zero-order valence-corrected chi connectivity index (χ0v) is 12.6. The van der Waals surface area contributed by atoms with Crippen LogP contribution < -0.4 is 11.1 Å². The van der Waals surface area contributed by atoms with E-state index in [1.165, 1.54) is 12.8 Å². The predicted octanol–water partition coefficient (Wildman–Crippen LogP) is 2.93. The third-order valence-electron chi connectivity index (χ3n) is 4.28. The van der Waals surface area contributed by atoms with Crippen LogP contribution in [0.5, 0.6) is 0 Å². The molecule has 4 heteroatoms. The average molecular weight is 288 g/mol. The Morgan fingerprint density at radius 2 is 1.67 bits per heavy atom. The van der Waals surface area contributed by atoms with Crippen LogP contribution >= 0.6 is 0 Å². The minimum absolute atomic E-state index is 0.0531. The van der Waals surface area contributed by atoms with Crippen molar-refractivity contribution >= 4 is 11.8 Å². The summed E-state index contributed by atoms with van der Waals surface area (Å²) < 4.78 is 0. The van der Waals surface area contributed by atoms with E-state index in [2.05, 4.69) is 5.32 Å². The number of benzene rings is 1. The number of nitrogens with two attached hydrogens (primary N) is 1. The van der Waals surface area contributed by atoms with E-state index >= 15 is 0 Å². The first-order chi connectivity index (χ1) is 10.1. The Labute approximate surface area is 126 Å². The first-order valence-corrected chi connectivity index (χ1v) is 7.78. The summed E-state index contributed by atoms with van der Waals surface area (Å²) in [6, 6.07) is 7.04. The smallest absolute Gasteiger partial charge is 0.248 e. The normalized spacial score (nSPS) is 17.8. The van der Waals surface area contributed by atoms with Crippen molar-refractivity contribution in [2.75, 3.05) is 0 Å². The maximum absolute atomic E-state index is 12.3. The molecule has 0 heterocycles. The summed E-state index contributed by atoms with van der Waals surface area (Å²) in [4.78, 5) is 23.4. The Hall–Kier alpha value is -1.84. The lowest BCUT2D eigenvalue weighted by atomic mass is 9.98. The summed E-state index contributed by atoms with van der Waals surface area (Å²) in [5.74, 6) is -0.125. The van der Waals surface area contributed by atoms with Crippen molar-refractivity contribution in [1.29, 1.82) is 0 Å². The van der Waals surface area contributed by atoms with Crippen molar-refractivity contribution in [3.63, 3.8) is 0 Å². The first kappa shape index (κ1) is 15.5. The number of carbonyl (C=O) groups excluding carboxylic acids is 2. The Morgan fingerprint density at radius 3 is 2.19 bits per heavy atom. The molecule has 114 valence electrons. The molecule has 1 saturated carbocycles. The summed E-state index contributed by atoms with van der Waals surface area (Å²) in [5, 5.41) is 3.09. The van der Waals surface area contributed by atoms with Crippen LogP contribution in [-0.2, 0) is 4.79 Å². The highest BCUT2D eigenvalue weighted by Gasteiger charge is 2.21. The van der Waals surface area contributed by atoms with E-state index in [1.807, 2.05) is 19.1 Å². The molecule has 1 aromatic carbocycles. The molecule has 1 atom stereocenters. The van der Waals surface area contributed by atoms with Gasteiger partial charge in [-0.1, -0.05) is 37.8 Å². The van der Waals surface area contributed by atoms with E-state index in [0.29, 0.717) is 5.56 Å². The summed E-state index contributed by atoms with van der Waals surface area (Å²) >= 11 is 0. The molecule has 0 spiro atoms. The summed E-state index contributed by atoms with van der Waals surface area (Å²) in [6.45, 7) is 1.97. The number of amides is 2. The van der Waals surface area contributed by atoms with Gasteiger partial charge in [0.05, 0.1) is 6.04 Å². The van der Waals surface area contributed by atoms with E-state index in [0.717, 1.165) is 31.2 Å². The maximum atomic E-state index is 12.3. The van der Waals surface area contributed by atoms with Gasteiger partial charge >= 0.3 is 0 Å². The second-order valence-corrected chi connectivity index (χ2v) is 5.91. The minimum atomic E-state index is -0.434. The molecule has 0 bridgehead atoms. The third kappa shape index (κ3) is 4.31. The van der Waals surface area contributed by atoms with E-state index < -0.39 is 5.91 Å². The number of hydrogen-bond acceptors (Lipinski definition) is 2. The zero-order chi connectivity index (χ0) is 15.2. The highest BCUT2D eigenvalue weighted by Crippen LogP contribution is 2.24. The second-order valence-electron chi connectivity index (χ2n) is 5.91. The van der Waals surface area contributed by atoms with E-state index in [4.69, 9.17) is 5.73 Å². The lowest BCUT2D eigenvalue weighted by Gasteiger charge is -2.19. The maximum Gasteiger partial charge on any atom is 0.248 e. The fourth-order valence-electron chi connectivity index (χ4n) is 2.89. The molecule has 2 amide bonds. The zero-order valence-electron chi connectivity index (χ0n) is 12.6. The lowest BCUT2D eigenvalue weighted by Crippen LogP contribution is -2.32. The monoisotopic (exact) mass is 288 g/mol.